The number of hydrogen-bond donors (Lipinski definition) is 6. The summed E-state index contributed by atoms with van der Waals surface area (Å²) in [5, 5.41) is 31.0. The fraction of sp³-hybridized carbons (Fsp3) is 0.615. The number of aromatic amines is 1. The van der Waals surface area contributed by atoms with Gasteiger partial charge in [0.05, 0.1) is 0 Å². The van der Waals surface area contributed by atoms with Crippen LogP contribution in [0, 0.1) is 0 Å². The van der Waals surface area contributed by atoms with Crippen molar-refractivity contribution in [3.8, 4) is 0 Å². The number of aliphatic hydroxyl groups is 2. The van der Waals surface area contributed by atoms with Crippen LogP contribution in [-0.2, 0) is 18.6 Å². The van der Waals surface area contributed by atoms with E-state index in [1.165, 1.54) is 0 Å². The second kappa shape index (κ2) is 7.48. The molecule has 0 saturated carbocycles. The topological polar surface area (TPSA) is 200 Å². The predicted octanol–water partition coefficient (Wildman–Crippen LogP) is -1.98. The zero-order valence-electron chi connectivity index (χ0n) is 14.6. The van der Waals surface area contributed by atoms with Gasteiger partial charge in [-0.3, -0.25) is 23.7 Å². The van der Waals surface area contributed by atoms with Gasteiger partial charge in [0.1, 0.15) is 24.4 Å². The van der Waals surface area contributed by atoms with Crippen molar-refractivity contribution in [2.24, 2.45) is 0 Å². The molecule has 158 valence electrons. The van der Waals surface area contributed by atoms with Crippen LogP contribution in [-0.4, -0.2) is 65.9 Å². The first-order chi connectivity index (χ1) is 12.7. The van der Waals surface area contributed by atoms with E-state index in [0.717, 1.165) is 26.1 Å². The highest BCUT2D eigenvalue weighted by atomic mass is 31.2. The lowest BCUT2D eigenvalue weighted by molar-refractivity contribution is -0.204. The number of nitrogens with zero attached hydrogens (tertiary/aromatic N) is 1. The minimum atomic E-state index is -4.83. The first kappa shape index (κ1) is 22.4. The number of carbonyl (C=O) groups is 1. The molecule has 1 aromatic rings. The number of carboxylic acids is 1. The van der Waals surface area contributed by atoms with Gasteiger partial charge in [0.2, 0.25) is 0 Å². The van der Waals surface area contributed by atoms with Crippen molar-refractivity contribution in [1.82, 2.24) is 14.6 Å². The van der Waals surface area contributed by atoms with E-state index in [1.54, 1.807) is 5.09 Å². The third-order valence-electron chi connectivity index (χ3n) is 4.04. The van der Waals surface area contributed by atoms with Gasteiger partial charge in [-0.2, -0.15) is 0 Å². The minimum Gasteiger partial charge on any atom is -0.480 e. The normalized spacial score (nSPS) is 33.4. The summed E-state index contributed by atoms with van der Waals surface area (Å²) >= 11 is 0. The lowest BCUT2D eigenvalue weighted by Gasteiger charge is -2.28. The lowest BCUT2D eigenvalue weighted by Crippen LogP contribution is -2.50. The van der Waals surface area contributed by atoms with Crippen LogP contribution in [0.1, 0.15) is 20.1 Å². The van der Waals surface area contributed by atoms with Crippen LogP contribution in [0.4, 0.5) is 4.39 Å². The van der Waals surface area contributed by atoms with Crippen LogP contribution >= 0.6 is 7.75 Å². The van der Waals surface area contributed by atoms with Crippen molar-refractivity contribution in [3.63, 3.8) is 0 Å². The molecule has 1 aliphatic heterocycles. The number of alkyl halides is 1. The van der Waals surface area contributed by atoms with E-state index in [9.17, 15) is 34.1 Å². The van der Waals surface area contributed by atoms with Crippen molar-refractivity contribution in [3.05, 3.63) is 33.1 Å². The fourth-order valence-electron chi connectivity index (χ4n) is 2.52. The van der Waals surface area contributed by atoms with Crippen LogP contribution in [0.2, 0.25) is 0 Å². The lowest BCUT2D eigenvalue weighted by atomic mass is 9.95. The maximum absolute atomic E-state index is 15.1. The van der Waals surface area contributed by atoms with E-state index in [4.69, 9.17) is 9.84 Å². The molecule has 0 spiro atoms. The van der Waals surface area contributed by atoms with Crippen molar-refractivity contribution >= 4 is 13.7 Å². The number of nitrogens with one attached hydrogen (secondary N) is 2. The van der Waals surface area contributed by atoms with Crippen LogP contribution < -0.4 is 16.3 Å². The Morgan fingerprint density at radius 1 is 1.57 bits per heavy atom. The molecule has 0 aliphatic carbocycles. The summed E-state index contributed by atoms with van der Waals surface area (Å²) in [4.78, 5) is 45.2. The van der Waals surface area contributed by atoms with Gasteiger partial charge in [-0.25, -0.2) is 18.8 Å². The highest BCUT2D eigenvalue weighted by Crippen LogP contribution is 2.47. The number of rotatable bonds is 7. The van der Waals surface area contributed by atoms with Gasteiger partial charge in [-0.1, -0.05) is 0 Å². The molecule has 1 aromatic heterocycles. The van der Waals surface area contributed by atoms with E-state index in [0.29, 0.717) is 4.57 Å². The van der Waals surface area contributed by atoms with Crippen LogP contribution in [0.3, 0.4) is 0 Å². The summed E-state index contributed by atoms with van der Waals surface area (Å²) in [6, 6.07) is -0.627. The quantitative estimate of drug-likeness (QED) is 0.263. The Hall–Kier alpha value is -1.93. The van der Waals surface area contributed by atoms with Gasteiger partial charge >= 0.3 is 19.4 Å². The Morgan fingerprint density at radius 2 is 2.18 bits per heavy atom. The standard InChI is InChI=1S/C13H19FN3O10P/c1-6(8(19)20)16-28(24,25)26-5-13(14)9(21)12(2,23)10(27-13)17-4-3-7(18)15-11(17)22/h3-4,6,9-10,21,23H,5H2,1-2H3,(H,19,20)(H,15,18,22)(H2,16,24,25)/t6?,9-,10?,12+,13+/m0/s1. The number of hydrogen-bond acceptors (Lipinski definition) is 8. The number of H-pyrrole nitrogens is 1. The first-order valence-electron chi connectivity index (χ1n) is 7.76. The molecule has 0 radical (unpaired) electrons. The molecule has 28 heavy (non-hydrogen) atoms. The summed E-state index contributed by atoms with van der Waals surface area (Å²) in [7, 11) is -4.83. The second-order valence-corrected chi connectivity index (χ2v) is 7.94. The van der Waals surface area contributed by atoms with Gasteiger partial charge < -0.3 is 24.9 Å². The highest BCUT2D eigenvalue weighted by molar-refractivity contribution is 7.50. The van der Waals surface area contributed by atoms with Gasteiger partial charge in [0.25, 0.3) is 11.4 Å². The summed E-state index contributed by atoms with van der Waals surface area (Å²) in [6.45, 7) is 0.570. The average molecular weight is 427 g/mol. The van der Waals surface area contributed by atoms with Gasteiger partial charge in [0, 0.05) is 12.3 Å². The number of ether oxygens (including phenoxy) is 1. The predicted molar refractivity (Wildman–Crippen MR) is 87.9 cm³/mol. The van der Waals surface area contributed by atoms with Crippen molar-refractivity contribution < 1.29 is 43.2 Å². The molecule has 2 rings (SSSR count). The molecule has 1 saturated heterocycles. The third-order valence-corrected chi connectivity index (χ3v) is 5.23. The van der Waals surface area contributed by atoms with E-state index in [-0.39, 0.29) is 0 Å². The van der Waals surface area contributed by atoms with Crippen LogP contribution in [0.15, 0.2) is 21.9 Å². The molecule has 13 nitrogen and oxygen atoms in total. The highest BCUT2D eigenvalue weighted by Gasteiger charge is 2.63. The zero-order valence-corrected chi connectivity index (χ0v) is 15.5. The van der Waals surface area contributed by atoms with Gasteiger partial charge in [0.15, 0.2) is 6.23 Å². The Balaban J connectivity index is 2.23. The fourth-order valence-corrected chi connectivity index (χ4v) is 3.54. The third kappa shape index (κ3) is 4.38. The molecule has 15 heteroatoms. The SMILES string of the molecule is CC(NP(=O)(O)OC[C@@]1(F)OC(n2ccc(=O)[nH]c2=O)[C@](C)(O)[C@@H]1O)C(=O)O. The van der Waals surface area contributed by atoms with Crippen molar-refractivity contribution in [1.29, 1.82) is 0 Å². The summed E-state index contributed by atoms with van der Waals surface area (Å²) < 4.78 is 36.9. The number of aliphatic carboxylic acids is 1. The van der Waals surface area contributed by atoms with Crippen molar-refractivity contribution in [2.45, 2.75) is 43.7 Å². The Labute approximate surface area is 155 Å². The van der Waals surface area contributed by atoms with E-state index >= 15 is 4.39 Å². The molecule has 1 fully saturated rings. The Kier molecular flexibility index (Phi) is 5.97. The molecule has 0 aromatic carbocycles. The summed E-state index contributed by atoms with van der Waals surface area (Å²) in [6.07, 6.45) is -3.28. The maximum atomic E-state index is 15.1. The number of aliphatic hydroxyl groups excluding tert-OH is 1. The second-order valence-electron chi connectivity index (χ2n) is 6.39. The van der Waals surface area contributed by atoms with Crippen LogP contribution in [0.25, 0.3) is 0 Å². The van der Waals surface area contributed by atoms with E-state index in [1.807, 2.05) is 4.98 Å². The summed E-state index contributed by atoms with van der Waals surface area (Å²) in [5.41, 5.74) is -4.25. The van der Waals surface area contributed by atoms with Crippen LogP contribution in [0.5, 0.6) is 0 Å². The molecular weight excluding hydrogens is 408 g/mol. The van der Waals surface area contributed by atoms with E-state index in [2.05, 4.69) is 4.52 Å². The monoisotopic (exact) mass is 427 g/mol. The molecule has 3 unspecified atom stereocenters. The molecule has 6 N–H and O–H groups in total. The zero-order chi connectivity index (χ0) is 21.5. The molecule has 6 atom stereocenters. The molecule has 1 aliphatic rings. The average Bonchev–Trinajstić information content (AvgIpc) is 2.74. The van der Waals surface area contributed by atoms with Gasteiger partial charge in [-0.15, -0.1) is 0 Å². The summed E-state index contributed by atoms with van der Waals surface area (Å²) in [5.74, 6) is -4.73. The number of aromatic nitrogens is 2. The Morgan fingerprint density at radius 3 is 2.71 bits per heavy atom. The maximum Gasteiger partial charge on any atom is 0.403 e. The van der Waals surface area contributed by atoms with Crippen molar-refractivity contribution in [2.75, 3.05) is 6.61 Å². The smallest absolute Gasteiger partial charge is 0.403 e. The number of carboxylic acid groups (broad SMARTS) is 1. The molecular formula is C13H19FN3O10P. The number of halogens is 1. The molecule has 2 heterocycles. The Bertz CT molecular complexity index is 916. The van der Waals surface area contributed by atoms with E-state index < -0.39 is 61.4 Å². The first-order valence-corrected chi connectivity index (χ1v) is 9.34. The van der Waals surface area contributed by atoms with Gasteiger partial charge in [-0.05, 0) is 13.8 Å². The molecule has 0 amide bonds. The minimum absolute atomic E-state index is 0.606. The largest absolute Gasteiger partial charge is 0.480 e. The molecule has 0 bridgehead atoms.